The number of hydrogen-bond donors (Lipinski definition) is 1. The summed E-state index contributed by atoms with van der Waals surface area (Å²) in [5.41, 5.74) is 0.613. The lowest BCUT2D eigenvalue weighted by Gasteiger charge is -2.43. The molecule has 33 heavy (non-hydrogen) atoms. The van der Waals surface area contributed by atoms with E-state index in [0.717, 1.165) is 18.4 Å². The van der Waals surface area contributed by atoms with Gasteiger partial charge in [-0.05, 0) is 33.8 Å². The van der Waals surface area contributed by atoms with Gasteiger partial charge in [0.15, 0.2) is 0 Å². The predicted molar refractivity (Wildman–Crippen MR) is 135 cm³/mol. The lowest BCUT2D eigenvalue weighted by atomic mass is 10.2. The summed E-state index contributed by atoms with van der Waals surface area (Å²) in [6, 6.07) is 30.9. The summed E-state index contributed by atoms with van der Waals surface area (Å²) in [6.45, 7) is 7.53. The van der Waals surface area contributed by atoms with Crippen LogP contribution >= 0.6 is 0 Å². The minimum Gasteiger partial charge on any atom is -0.445 e. The molecule has 1 saturated carbocycles. The smallest absolute Gasteiger partial charge is 0.407 e. The first kappa shape index (κ1) is 23.3. The average molecular weight is 460 g/mol. The lowest BCUT2D eigenvalue weighted by molar-refractivity contribution is 0.127. The van der Waals surface area contributed by atoms with Crippen molar-refractivity contribution < 1.29 is 14.0 Å². The number of amides is 1. The maximum absolute atomic E-state index is 12.6. The van der Waals surface area contributed by atoms with Crippen LogP contribution in [0.4, 0.5) is 4.79 Å². The zero-order valence-corrected chi connectivity index (χ0v) is 20.7. The van der Waals surface area contributed by atoms with Gasteiger partial charge in [0.2, 0.25) is 0 Å². The Morgan fingerprint density at radius 3 is 1.79 bits per heavy atom. The highest BCUT2D eigenvalue weighted by atomic mass is 28.4. The number of carbonyl (C=O) groups is 1. The van der Waals surface area contributed by atoms with E-state index < -0.39 is 8.32 Å². The van der Waals surface area contributed by atoms with Gasteiger partial charge in [0, 0.05) is 0 Å². The topological polar surface area (TPSA) is 47.6 Å². The van der Waals surface area contributed by atoms with Crippen LogP contribution in [0.3, 0.4) is 0 Å². The summed E-state index contributed by atoms with van der Waals surface area (Å²) in [7, 11) is -2.63. The maximum Gasteiger partial charge on any atom is 0.407 e. The van der Waals surface area contributed by atoms with Gasteiger partial charge >= 0.3 is 6.09 Å². The molecule has 1 amide bonds. The molecule has 4 rings (SSSR count). The van der Waals surface area contributed by atoms with Crippen molar-refractivity contribution in [3.8, 4) is 0 Å². The normalized spacial score (nSPS) is 15.0. The van der Waals surface area contributed by atoms with Crippen molar-refractivity contribution in [2.24, 2.45) is 0 Å². The van der Waals surface area contributed by atoms with Crippen molar-refractivity contribution in [1.29, 1.82) is 0 Å². The fourth-order valence-electron chi connectivity index (χ4n) is 4.44. The summed E-state index contributed by atoms with van der Waals surface area (Å²) < 4.78 is 12.5. The quantitative estimate of drug-likeness (QED) is 0.481. The molecule has 1 aliphatic carbocycles. The zero-order chi connectivity index (χ0) is 23.4. The second-order valence-electron chi connectivity index (χ2n) is 9.92. The molecule has 5 heteroatoms. The first-order valence-corrected chi connectivity index (χ1v) is 13.5. The number of rotatable bonds is 8. The summed E-state index contributed by atoms with van der Waals surface area (Å²) in [4.78, 5) is 12.6. The summed E-state index contributed by atoms with van der Waals surface area (Å²) >= 11 is 0. The summed E-state index contributed by atoms with van der Waals surface area (Å²) in [5.74, 6) is 0. The Bertz CT molecular complexity index is 1010. The Kier molecular flexibility index (Phi) is 6.72. The Morgan fingerprint density at radius 1 is 0.848 bits per heavy atom. The van der Waals surface area contributed by atoms with Crippen molar-refractivity contribution in [2.75, 3.05) is 6.61 Å². The van der Waals surface area contributed by atoms with Crippen molar-refractivity contribution in [2.45, 2.75) is 50.8 Å². The number of benzene rings is 3. The van der Waals surface area contributed by atoms with E-state index in [4.69, 9.17) is 9.16 Å². The second kappa shape index (κ2) is 9.54. The van der Waals surface area contributed by atoms with Crippen LogP contribution in [0, 0.1) is 0 Å². The number of hydrogen-bond acceptors (Lipinski definition) is 3. The fourth-order valence-corrected chi connectivity index (χ4v) is 9.09. The minimum absolute atomic E-state index is 0.0976. The van der Waals surface area contributed by atoms with Crippen LogP contribution in [-0.4, -0.2) is 26.6 Å². The van der Waals surface area contributed by atoms with E-state index in [1.54, 1.807) is 0 Å². The monoisotopic (exact) mass is 459 g/mol. The molecular weight excluding hydrogens is 426 g/mol. The first-order chi connectivity index (χ1) is 15.8. The van der Waals surface area contributed by atoms with Crippen LogP contribution in [0.15, 0.2) is 91.0 Å². The van der Waals surface area contributed by atoms with Crippen molar-refractivity contribution in [3.05, 3.63) is 96.6 Å². The number of alkyl carbamates (subject to hydrolysis) is 1. The highest BCUT2D eigenvalue weighted by Crippen LogP contribution is 2.41. The number of nitrogens with one attached hydrogen (secondary N) is 1. The van der Waals surface area contributed by atoms with Gasteiger partial charge < -0.3 is 14.5 Å². The van der Waals surface area contributed by atoms with E-state index in [0.29, 0.717) is 6.61 Å². The van der Waals surface area contributed by atoms with Gasteiger partial charge in [-0.2, -0.15) is 0 Å². The van der Waals surface area contributed by atoms with Crippen LogP contribution in [0.2, 0.25) is 5.04 Å². The molecule has 172 valence electrons. The van der Waals surface area contributed by atoms with Gasteiger partial charge in [-0.3, -0.25) is 0 Å². The SMILES string of the molecule is CC(C)(C)[Si](OCC1(NC(=O)OCc2ccccc2)CC1)(c1ccccc1)c1ccccc1. The molecule has 0 radical (unpaired) electrons. The maximum atomic E-state index is 12.6. The van der Waals surface area contributed by atoms with Crippen molar-refractivity contribution in [1.82, 2.24) is 5.32 Å². The van der Waals surface area contributed by atoms with Gasteiger partial charge in [0.05, 0.1) is 12.1 Å². The molecule has 1 N–H and O–H groups in total. The summed E-state index contributed by atoms with van der Waals surface area (Å²) in [5, 5.41) is 5.49. The molecule has 0 saturated heterocycles. The van der Waals surface area contributed by atoms with Gasteiger partial charge in [0.25, 0.3) is 8.32 Å². The van der Waals surface area contributed by atoms with E-state index in [1.807, 2.05) is 42.5 Å². The van der Waals surface area contributed by atoms with Crippen LogP contribution in [0.1, 0.15) is 39.2 Å². The third-order valence-corrected chi connectivity index (χ3v) is 11.4. The molecule has 0 unspecified atom stereocenters. The van der Waals surface area contributed by atoms with E-state index >= 15 is 0 Å². The Labute approximate surface area is 198 Å². The highest BCUT2D eigenvalue weighted by molar-refractivity contribution is 6.99. The molecule has 0 aromatic heterocycles. The Hall–Kier alpha value is -2.89. The molecule has 0 heterocycles. The van der Waals surface area contributed by atoms with E-state index in [9.17, 15) is 4.79 Å². The first-order valence-electron chi connectivity index (χ1n) is 11.6. The second-order valence-corrected chi connectivity index (χ2v) is 14.2. The molecular formula is C28H33NO3Si. The van der Waals surface area contributed by atoms with Crippen molar-refractivity contribution >= 4 is 24.8 Å². The third-order valence-electron chi connectivity index (χ3n) is 6.42. The third kappa shape index (κ3) is 5.20. The van der Waals surface area contributed by atoms with Gasteiger partial charge in [-0.15, -0.1) is 0 Å². The van der Waals surface area contributed by atoms with Crippen LogP contribution < -0.4 is 15.7 Å². The predicted octanol–water partition coefficient (Wildman–Crippen LogP) is 5.02. The highest BCUT2D eigenvalue weighted by Gasteiger charge is 2.53. The number of carbonyl (C=O) groups excluding carboxylic acids is 1. The minimum atomic E-state index is -2.63. The molecule has 0 atom stereocenters. The van der Waals surface area contributed by atoms with E-state index in [-0.39, 0.29) is 23.3 Å². The Balaban J connectivity index is 1.53. The van der Waals surface area contributed by atoms with E-state index in [2.05, 4.69) is 74.6 Å². The largest absolute Gasteiger partial charge is 0.445 e. The zero-order valence-electron chi connectivity index (χ0n) is 19.7. The molecule has 3 aromatic rings. The van der Waals surface area contributed by atoms with Crippen LogP contribution in [0.5, 0.6) is 0 Å². The molecule has 4 nitrogen and oxygen atoms in total. The molecule has 0 bridgehead atoms. The molecule has 1 aliphatic rings. The molecule has 1 fully saturated rings. The lowest BCUT2D eigenvalue weighted by Crippen LogP contribution is -2.67. The van der Waals surface area contributed by atoms with Gasteiger partial charge in [-0.1, -0.05) is 112 Å². The summed E-state index contributed by atoms with van der Waals surface area (Å²) in [6.07, 6.45) is 1.40. The van der Waals surface area contributed by atoms with E-state index in [1.165, 1.54) is 10.4 Å². The number of ether oxygens (including phenoxy) is 1. The van der Waals surface area contributed by atoms with Gasteiger partial charge in [0.1, 0.15) is 6.61 Å². The van der Waals surface area contributed by atoms with Crippen LogP contribution in [-0.2, 0) is 15.8 Å². The van der Waals surface area contributed by atoms with Gasteiger partial charge in [-0.25, -0.2) is 4.79 Å². The standard InChI is InChI=1S/C28H33NO3Si/c1-27(2,3)33(24-15-9-5-10-16-24,25-17-11-6-12-18-25)32-22-28(19-20-28)29-26(30)31-21-23-13-7-4-8-14-23/h4-18H,19-22H2,1-3H3,(H,29,30). The van der Waals surface area contributed by atoms with Crippen LogP contribution in [0.25, 0.3) is 0 Å². The average Bonchev–Trinajstić information content (AvgIpc) is 3.58. The molecule has 0 aliphatic heterocycles. The Morgan fingerprint density at radius 2 is 1.33 bits per heavy atom. The van der Waals surface area contributed by atoms with Crippen molar-refractivity contribution in [3.63, 3.8) is 0 Å². The molecule has 3 aromatic carbocycles. The fraction of sp³-hybridized carbons (Fsp3) is 0.321. The molecule has 0 spiro atoms.